The van der Waals surface area contributed by atoms with E-state index < -0.39 is 0 Å². The van der Waals surface area contributed by atoms with E-state index in [2.05, 4.69) is 23.2 Å². The minimum atomic E-state index is -0.154. The van der Waals surface area contributed by atoms with E-state index in [-0.39, 0.29) is 11.2 Å². The molecule has 1 aliphatic heterocycles. The zero-order valence-electron chi connectivity index (χ0n) is 16.0. The Labute approximate surface area is 164 Å². The van der Waals surface area contributed by atoms with E-state index in [1.54, 1.807) is 18.2 Å². The largest absolute Gasteiger partial charge is 0.497 e. The number of methoxy groups -OCH3 is 1. The molecular weight excluding hydrogens is 358 g/mol. The molecular formula is C21H23N3O2S. The van der Waals surface area contributed by atoms with Gasteiger partial charge in [-0.25, -0.2) is 0 Å². The summed E-state index contributed by atoms with van der Waals surface area (Å²) >= 11 is 1.44. The Balaban J connectivity index is 1.78. The van der Waals surface area contributed by atoms with Crippen LogP contribution in [0.1, 0.15) is 29.2 Å². The van der Waals surface area contributed by atoms with E-state index in [4.69, 9.17) is 4.74 Å². The van der Waals surface area contributed by atoms with Crippen LogP contribution in [0.5, 0.6) is 5.75 Å². The molecule has 3 rings (SSSR count). The van der Waals surface area contributed by atoms with Crippen molar-refractivity contribution in [2.75, 3.05) is 7.11 Å². The Morgan fingerprint density at radius 1 is 1.19 bits per heavy atom. The van der Waals surface area contributed by atoms with Gasteiger partial charge in [-0.3, -0.25) is 9.69 Å². The van der Waals surface area contributed by atoms with Gasteiger partial charge in [-0.1, -0.05) is 47.7 Å². The zero-order chi connectivity index (χ0) is 19.4. The summed E-state index contributed by atoms with van der Waals surface area (Å²) in [5.74, 6) is 0.845. The topological polar surface area (TPSA) is 54.3 Å². The summed E-state index contributed by atoms with van der Waals surface area (Å²) in [4.78, 5) is 14.2. The molecule has 1 aliphatic rings. The molecule has 5 nitrogen and oxygen atoms in total. The van der Waals surface area contributed by atoms with Crippen LogP contribution in [0.2, 0.25) is 0 Å². The number of thioether (sulfide) groups is 1. The minimum Gasteiger partial charge on any atom is -0.497 e. The summed E-state index contributed by atoms with van der Waals surface area (Å²) in [5, 5.41) is 9.03. The van der Waals surface area contributed by atoms with Crippen molar-refractivity contribution in [1.29, 1.82) is 0 Å². The maximum absolute atomic E-state index is 12.5. The van der Waals surface area contributed by atoms with Crippen molar-refractivity contribution in [2.45, 2.75) is 32.6 Å². The first-order valence-electron chi connectivity index (χ1n) is 8.77. The molecule has 0 bridgehead atoms. The molecule has 0 unspecified atom stereocenters. The average molecular weight is 382 g/mol. The Hall–Kier alpha value is -2.60. The molecule has 0 saturated carbocycles. The summed E-state index contributed by atoms with van der Waals surface area (Å²) in [6, 6.07) is 13.9. The monoisotopic (exact) mass is 381 g/mol. The molecule has 0 radical (unpaired) electrons. The number of ether oxygens (including phenoxy) is 1. The van der Waals surface area contributed by atoms with Crippen molar-refractivity contribution >= 4 is 29.1 Å². The molecule has 2 aromatic rings. The highest BCUT2D eigenvalue weighted by molar-refractivity contribution is 8.15. The summed E-state index contributed by atoms with van der Waals surface area (Å²) in [7, 11) is 1.63. The quantitative estimate of drug-likeness (QED) is 0.577. The van der Waals surface area contributed by atoms with E-state index in [1.165, 1.54) is 17.3 Å². The Kier molecular flexibility index (Phi) is 5.96. The number of rotatable bonds is 5. The van der Waals surface area contributed by atoms with Gasteiger partial charge in [0.15, 0.2) is 5.17 Å². The maximum atomic E-state index is 12.5. The van der Waals surface area contributed by atoms with Crippen LogP contribution in [0.15, 0.2) is 52.7 Å². The van der Waals surface area contributed by atoms with Gasteiger partial charge in [-0.15, -0.1) is 5.10 Å². The molecule has 6 heteroatoms. The van der Waals surface area contributed by atoms with Gasteiger partial charge >= 0.3 is 0 Å². The smallest absolute Gasteiger partial charge is 0.242 e. The molecule has 1 fully saturated rings. The number of amidine groups is 1. The molecule has 0 spiro atoms. The van der Waals surface area contributed by atoms with Crippen LogP contribution in [0, 0.1) is 13.8 Å². The second kappa shape index (κ2) is 8.39. The van der Waals surface area contributed by atoms with Crippen LogP contribution in [0.25, 0.3) is 0 Å². The fourth-order valence-electron chi connectivity index (χ4n) is 2.83. The predicted octanol–water partition coefficient (Wildman–Crippen LogP) is 4.17. The van der Waals surface area contributed by atoms with E-state index in [1.807, 2.05) is 50.2 Å². The van der Waals surface area contributed by atoms with Crippen LogP contribution < -0.4 is 4.74 Å². The van der Waals surface area contributed by atoms with Gasteiger partial charge < -0.3 is 4.74 Å². The van der Waals surface area contributed by atoms with Crippen LogP contribution in [0.3, 0.4) is 0 Å². The van der Waals surface area contributed by atoms with Crippen LogP contribution in [-0.4, -0.2) is 34.5 Å². The summed E-state index contributed by atoms with van der Waals surface area (Å²) in [5.41, 5.74) is 4.41. The standard InChI is InChI=1S/C21H23N3O2S/c1-14-5-8-18(15(2)11-14)12-22-23-21-24(20(25)16(3)27-21)13-17-6-9-19(26-4)10-7-17/h5-12,16H,13H2,1-4H3/b22-12-,23-21+/t16-/m1/s1. The number of carbonyl (C=O) groups excluding carboxylic acids is 1. The number of hydrogen-bond donors (Lipinski definition) is 0. The van der Waals surface area contributed by atoms with E-state index in [0.29, 0.717) is 11.7 Å². The second-order valence-electron chi connectivity index (χ2n) is 6.52. The lowest BCUT2D eigenvalue weighted by Gasteiger charge is -2.15. The van der Waals surface area contributed by atoms with Crippen molar-refractivity contribution < 1.29 is 9.53 Å². The van der Waals surface area contributed by atoms with Crippen LogP contribution in [-0.2, 0) is 11.3 Å². The van der Waals surface area contributed by atoms with Crippen molar-refractivity contribution in [2.24, 2.45) is 10.2 Å². The van der Waals surface area contributed by atoms with E-state index in [0.717, 1.165) is 22.4 Å². The third-order valence-corrected chi connectivity index (χ3v) is 5.46. The Bertz CT molecular complexity index is 891. The average Bonchev–Trinajstić information content (AvgIpc) is 2.92. The summed E-state index contributed by atoms with van der Waals surface area (Å²) < 4.78 is 5.18. The van der Waals surface area contributed by atoms with Gasteiger partial charge in [-0.05, 0) is 49.6 Å². The van der Waals surface area contributed by atoms with Crippen LogP contribution >= 0.6 is 11.8 Å². The van der Waals surface area contributed by atoms with Crippen molar-refractivity contribution in [3.63, 3.8) is 0 Å². The zero-order valence-corrected chi connectivity index (χ0v) is 16.8. The normalized spacial score (nSPS) is 18.7. The molecule has 0 aromatic heterocycles. The number of benzene rings is 2. The number of aryl methyl sites for hydroxylation is 2. The Morgan fingerprint density at radius 2 is 1.93 bits per heavy atom. The fourth-order valence-corrected chi connectivity index (χ4v) is 3.75. The molecule has 1 atom stereocenters. The number of carbonyl (C=O) groups is 1. The van der Waals surface area contributed by atoms with Gasteiger partial charge in [0.1, 0.15) is 5.75 Å². The van der Waals surface area contributed by atoms with Crippen molar-refractivity contribution in [1.82, 2.24) is 4.90 Å². The third kappa shape index (κ3) is 4.57. The van der Waals surface area contributed by atoms with Gasteiger partial charge in [0, 0.05) is 0 Å². The maximum Gasteiger partial charge on any atom is 0.242 e. The molecule has 27 heavy (non-hydrogen) atoms. The lowest BCUT2D eigenvalue weighted by atomic mass is 10.1. The molecule has 0 N–H and O–H groups in total. The van der Waals surface area contributed by atoms with Gasteiger partial charge in [0.2, 0.25) is 5.91 Å². The molecule has 140 valence electrons. The molecule has 1 heterocycles. The van der Waals surface area contributed by atoms with E-state index >= 15 is 0 Å². The van der Waals surface area contributed by atoms with Gasteiger partial charge in [-0.2, -0.15) is 5.10 Å². The minimum absolute atomic E-state index is 0.0521. The summed E-state index contributed by atoms with van der Waals surface area (Å²) in [6.45, 7) is 6.48. The van der Waals surface area contributed by atoms with Gasteiger partial charge in [0.05, 0.1) is 25.1 Å². The lowest BCUT2D eigenvalue weighted by Crippen LogP contribution is -2.30. The highest BCUT2D eigenvalue weighted by Crippen LogP contribution is 2.28. The fraction of sp³-hybridized carbons (Fsp3) is 0.286. The van der Waals surface area contributed by atoms with Crippen molar-refractivity contribution in [3.05, 3.63) is 64.7 Å². The molecule has 1 saturated heterocycles. The van der Waals surface area contributed by atoms with Crippen LogP contribution in [0.4, 0.5) is 0 Å². The Morgan fingerprint density at radius 3 is 2.59 bits per heavy atom. The molecule has 1 amide bonds. The van der Waals surface area contributed by atoms with Gasteiger partial charge in [0.25, 0.3) is 0 Å². The molecule has 0 aliphatic carbocycles. The lowest BCUT2D eigenvalue weighted by molar-refractivity contribution is -0.126. The number of nitrogens with zero attached hydrogens (tertiary/aromatic N) is 3. The number of hydrogen-bond acceptors (Lipinski definition) is 5. The first-order chi connectivity index (χ1) is 13.0. The highest BCUT2D eigenvalue weighted by atomic mass is 32.2. The van der Waals surface area contributed by atoms with Crippen molar-refractivity contribution in [3.8, 4) is 5.75 Å². The first-order valence-corrected chi connectivity index (χ1v) is 9.65. The van der Waals surface area contributed by atoms with E-state index in [9.17, 15) is 4.79 Å². The molecule has 2 aromatic carbocycles. The SMILES string of the molecule is COc1ccc(CN2C(=O)[C@@H](C)S/C2=N/N=C\c2ccc(C)cc2C)cc1. The second-order valence-corrected chi connectivity index (χ2v) is 7.83. The summed E-state index contributed by atoms with van der Waals surface area (Å²) in [6.07, 6.45) is 1.74. The third-order valence-electron chi connectivity index (χ3n) is 4.39. The predicted molar refractivity (Wildman–Crippen MR) is 112 cm³/mol. The number of amides is 1. The first kappa shape index (κ1) is 19.2. The highest BCUT2D eigenvalue weighted by Gasteiger charge is 2.35.